The molecule has 3 aromatic heterocycles. The monoisotopic (exact) mass is 481 g/mol. The normalized spacial score (nSPS) is 16.5. The fourth-order valence-electron chi connectivity index (χ4n) is 5.28. The van der Waals surface area contributed by atoms with Gasteiger partial charge in [0.15, 0.2) is 5.69 Å². The summed E-state index contributed by atoms with van der Waals surface area (Å²) in [4.78, 5) is 27.0. The van der Waals surface area contributed by atoms with Crippen molar-refractivity contribution in [2.45, 2.75) is 38.6 Å². The van der Waals surface area contributed by atoms with E-state index in [4.69, 9.17) is 0 Å². The zero-order chi connectivity index (χ0) is 24.3. The van der Waals surface area contributed by atoms with E-state index >= 15 is 0 Å². The standard InChI is InChI=1S/C28H31N7O/c36-28(31-23-8-9-30-26(16-23)35-12-2-1-3-13-35)27-24-15-21(6-7-25(24)32-33-27)22-14-20(17-29-18-22)19-34-10-4-5-11-34/h6-9,14-18H,1-5,10-13,19H2,(H,32,33)(H,30,31,36). The molecule has 0 radical (unpaired) electrons. The van der Waals surface area contributed by atoms with Gasteiger partial charge in [-0.1, -0.05) is 6.07 Å². The van der Waals surface area contributed by atoms with Crippen LogP contribution in [0.1, 0.15) is 48.2 Å². The molecule has 0 spiro atoms. The summed E-state index contributed by atoms with van der Waals surface area (Å²) in [6.45, 7) is 5.24. The van der Waals surface area contributed by atoms with Crippen molar-refractivity contribution in [3.05, 3.63) is 66.2 Å². The minimum absolute atomic E-state index is 0.241. The Morgan fingerprint density at radius 2 is 1.75 bits per heavy atom. The average Bonchev–Trinajstić information content (AvgIpc) is 3.59. The molecule has 4 aromatic rings. The van der Waals surface area contributed by atoms with Gasteiger partial charge in [-0.2, -0.15) is 5.10 Å². The van der Waals surface area contributed by atoms with E-state index < -0.39 is 0 Å². The predicted octanol–water partition coefficient (Wildman–Crippen LogP) is 4.86. The molecule has 2 aliphatic rings. The Morgan fingerprint density at radius 1 is 0.917 bits per heavy atom. The van der Waals surface area contributed by atoms with E-state index in [1.807, 2.05) is 42.7 Å². The lowest BCUT2D eigenvalue weighted by Gasteiger charge is -2.27. The third kappa shape index (κ3) is 4.81. The van der Waals surface area contributed by atoms with E-state index in [1.165, 1.54) is 37.7 Å². The molecule has 8 nitrogen and oxygen atoms in total. The molecular formula is C28H31N7O. The molecule has 36 heavy (non-hydrogen) atoms. The lowest BCUT2D eigenvalue weighted by Crippen LogP contribution is -2.30. The molecule has 1 aromatic carbocycles. The maximum absolute atomic E-state index is 13.2. The second-order valence-electron chi connectivity index (χ2n) is 9.80. The quantitative estimate of drug-likeness (QED) is 0.409. The summed E-state index contributed by atoms with van der Waals surface area (Å²) in [5.41, 5.74) is 5.20. The molecule has 2 aliphatic heterocycles. The van der Waals surface area contributed by atoms with Crippen LogP contribution < -0.4 is 10.2 Å². The van der Waals surface area contributed by atoms with E-state index in [0.29, 0.717) is 5.69 Å². The van der Waals surface area contributed by atoms with Crippen LogP contribution in [0.5, 0.6) is 0 Å². The van der Waals surface area contributed by atoms with E-state index in [2.05, 4.69) is 41.3 Å². The molecule has 0 bridgehead atoms. The molecule has 5 heterocycles. The Morgan fingerprint density at radius 3 is 2.61 bits per heavy atom. The van der Waals surface area contributed by atoms with E-state index in [0.717, 1.165) is 66.3 Å². The van der Waals surface area contributed by atoms with Crippen molar-refractivity contribution in [2.24, 2.45) is 0 Å². The van der Waals surface area contributed by atoms with Crippen LogP contribution in [0.4, 0.5) is 11.5 Å². The van der Waals surface area contributed by atoms with Gasteiger partial charge >= 0.3 is 0 Å². The van der Waals surface area contributed by atoms with Crippen molar-refractivity contribution in [2.75, 3.05) is 36.4 Å². The highest BCUT2D eigenvalue weighted by molar-refractivity contribution is 6.11. The predicted molar refractivity (Wildman–Crippen MR) is 142 cm³/mol. The maximum Gasteiger partial charge on any atom is 0.276 e. The largest absolute Gasteiger partial charge is 0.357 e. The third-order valence-electron chi connectivity index (χ3n) is 7.19. The number of benzene rings is 1. The van der Waals surface area contributed by atoms with Gasteiger partial charge in [-0.15, -0.1) is 0 Å². The number of fused-ring (bicyclic) bond motifs is 1. The number of likely N-dealkylation sites (tertiary alicyclic amines) is 1. The fourth-order valence-corrected chi connectivity index (χ4v) is 5.28. The number of hydrogen-bond donors (Lipinski definition) is 2. The smallest absolute Gasteiger partial charge is 0.276 e. The number of carbonyl (C=O) groups is 1. The van der Waals surface area contributed by atoms with Crippen LogP contribution in [-0.2, 0) is 6.54 Å². The number of pyridine rings is 2. The van der Waals surface area contributed by atoms with Crippen LogP contribution in [0.3, 0.4) is 0 Å². The first-order chi connectivity index (χ1) is 17.7. The van der Waals surface area contributed by atoms with Gasteiger partial charge in [0.05, 0.1) is 5.52 Å². The first-order valence-corrected chi connectivity index (χ1v) is 12.9. The van der Waals surface area contributed by atoms with Crippen molar-refractivity contribution in [3.63, 3.8) is 0 Å². The van der Waals surface area contributed by atoms with Crippen molar-refractivity contribution in [3.8, 4) is 11.1 Å². The molecule has 184 valence electrons. The number of H-pyrrole nitrogens is 1. The van der Waals surface area contributed by atoms with Crippen LogP contribution in [0, 0.1) is 0 Å². The molecule has 0 saturated carbocycles. The number of carbonyl (C=O) groups excluding carboxylic acids is 1. The Kier molecular flexibility index (Phi) is 6.34. The number of anilines is 2. The Balaban J connectivity index is 1.23. The number of piperidine rings is 1. The van der Waals surface area contributed by atoms with Crippen molar-refractivity contribution < 1.29 is 4.79 Å². The summed E-state index contributed by atoms with van der Waals surface area (Å²) < 4.78 is 0. The van der Waals surface area contributed by atoms with Crippen molar-refractivity contribution >= 4 is 28.3 Å². The van der Waals surface area contributed by atoms with Gasteiger partial charge in [0, 0.05) is 60.9 Å². The highest BCUT2D eigenvalue weighted by Gasteiger charge is 2.18. The number of rotatable bonds is 6. The average molecular weight is 482 g/mol. The van der Waals surface area contributed by atoms with Crippen LogP contribution in [-0.4, -0.2) is 57.2 Å². The number of nitrogens with one attached hydrogen (secondary N) is 2. The van der Waals surface area contributed by atoms with Crippen LogP contribution in [0.15, 0.2) is 55.0 Å². The Bertz CT molecular complexity index is 1370. The summed E-state index contributed by atoms with van der Waals surface area (Å²) in [5.74, 6) is 0.665. The van der Waals surface area contributed by atoms with Gasteiger partial charge in [-0.3, -0.25) is 19.8 Å². The van der Waals surface area contributed by atoms with Crippen LogP contribution >= 0.6 is 0 Å². The molecule has 2 saturated heterocycles. The molecule has 0 aliphatic carbocycles. The number of hydrogen-bond acceptors (Lipinski definition) is 6. The molecule has 2 N–H and O–H groups in total. The van der Waals surface area contributed by atoms with Crippen LogP contribution in [0.2, 0.25) is 0 Å². The summed E-state index contributed by atoms with van der Waals surface area (Å²) in [5, 5.41) is 11.2. The first-order valence-electron chi connectivity index (χ1n) is 12.9. The Hall–Kier alpha value is -3.78. The minimum atomic E-state index is -0.241. The zero-order valence-corrected chi connectivity index (χ0v) is 20.4. The SMILES string of the molecule is O=C(Nc1ccnc(N2CCCCC2)c1)c1n[nH]c2ccc(-c3cncc(CN4CCCC4)c3)cc12. The lowest BCUT2D eigenvalue weighted by atomic mass is 10.0. The highest BCUT2D eigenvalue weighted by atomic mass is 16.1. The number of aromatic nitrogens is 4. The molecule has 1 amide bonds. The van der Waals surface area contributed by atoms with Gasteiger partial charge in [0.1, 0.15) is 5.82 Å². The summed E-state index contributed by atoms with van der Waals surface area (Å²) in [7, 11) is 0. The topological polar surface area (TPSA) is 90.0 Å². The first kappa shape index (κ1) is 22.7. The molecule has 2 fully saturated rings. The molecular weight excluding hydrogens is 450 g/mol. The third-order valence-corrected chi connectivity index (χ3v) is 7.19. The maximum atomic E-state index is 13.2. The van der Waals surface area contributed by atoms with E-state index in [1.54, 1.807) is 6.20 Å². The summed E-state index contributed by atoms with van der Waals surface area (Å²) >= 11 is 0. The van der Waals surface area contributed by atoms with Crippen molar-refractivity contribution in [1.82, 2.24) is 25.1 Å². The zero-order valence-electron chi connectivity index (χ0n) is 20.4. The summed E-state index contributed by atoms with van der Waals surface area (Å²) in [6, 6.07) is 12.0. The van der Waals surface area contributed by atoms with Crippen molar-refractivity contribution in [1.29, 1.82) is 0 Å². The lowest BCUT2D eigenvalue weighted by molar-refractivity contribution is 0.102. The summed E-state index contributed by atoms with van der Waals surface area (Å²) in [6.07, 6.45) is 11.7. The highest BCUT2D eigenvalue weighted by Crippen LogP contribution is 2.27. The molecule has 8 heteroatoms. The second-order valence-corrected chi connectivity index (χ2v) is 9.80. The van der Waals surface area contributed by atoms with Gasteiger partial charge in [-0.25, -0.2) is 4.98 Å². The fraction of sp³-hybridized carbons (Fsp3) is 0.357. The number of amides is 1. The van der Waals surface area contributed by atoms with E-state index in [-0.39, 0.29) is 5.91 Å². The van der Waals surface area contributed by atoms with Gasteiger partial charge < -0.3 is 10.2 Å². The second kappa shape index (κ2) is 10.1. The van der Waals surface area contributed by atoms with Gasteiger partial charge in [-0.05, 0) is 80.6 Å². The van der Waals surface area contributed by atoms with Gasteiger partial charge in [0.2, 0.25) is 0 Å². The molecule has 0 atom stereocenters. The van der Waals surface area contributed by atoms with Gasteiger partial charge in [0.25, 0.3) is 5.91 Å². The molecule has 6 rings (SSSR count). The van der Waals surface area contributed by atoms with E-state index in [9.17, 15) is 4.79 Å². The van der Waals surface area contributed by atoms with Crippen LogP contribution in [0.25, 0.3) is 22.0 Å². The Labute approximate surface area is 210 Å². The number of nitrogens with zero attached hydrogens (tertiary/aromatic N) is 5. The molecule has 0 unspecified atom stereocenters. The minimum Gasteiger partial charge on any atom is -0.357 e. The number of aromatic amines is 1.